The summed E-state index contributed by atoms with van der Waals surface area (Å²) in [6.07, 6.45) is 0.533. The number of carboxylic acids is 1. The molecule has 20 heavy (non-hydrogen) atoms. The third-order valence-corrected chi connectivity index (χ3v) is 2.80. The highest BCUT2D eigenvalue weighted by Crippen LogP contribution is 2.17. The number of urea groups is 1. The maximum atomic E-state index is 13.1. The Hall–Kier alpha value is -1.82. The Morgan fingerprint density at radius 2 is 2.10 bits per heavy atom. The van der Waals surface area contributed by atoms with Crippen LogP contribution in [0, 0.1) is 11.7 Å². The average molecular weight is 303 g/mol. The largest absolute Gasteiger partial charge is 0.481 e. The van der Waals surface area contributed by atoms with Crippen molar-refractivity contribution in [3.8, 4) is 0 Å². The highest BCUT2D eigenvalue weighted by molar-refractivity contribution is 6.30. The van der Waals surface area contributed by atoms with Gasteiger partial charge in [0.15, 0.2) is 0 Å². The molecule has 1 aromatic carbocycles. The monoisotopic (exact) mass is 302 g/mol. The summed E-state index contributed by atoms with van der Waals surface area (Å²) in [5.74, 6) is -1.37. The van der Waals surface area contributed by atoms with Gasteiger partial charge in [0.05, 0.1) is 0 Å². The molecule has 110 valence electrons. The number of carbonyl (C=O) groups is 2. The molecule has 0 heterocycles. The van der Waals surface area contributed by atoms with Crippen LogP contribution < -0.4 is 10.6 Å². The number of rotatable bonds is 6. The number of anilines is 1. The van der Waals surface area contributed by atoms with E-state index in [0.29, 0.717) is 13.0 Å². The Morgan fingerprint density at radius 3 is 2.70 bits per heavy atom. The maximum Gasteiger partial charge on any atom is 0.319 e. The Labute approximate surface area is 121 Å². The van der Waals surface area contributed by atoms with Gasteiger partial charge < -0.3 is 15.7 Å². The Bertz CT molecular complexity index is 476. The molecule has 0 saturated heterocycles. The van der Waals surface area contributed by atoms with Crippen LogP contribution in [0.2, 0.25) is 5.02 Å². The molecule has 1 unspecified atom stereocenters. The van der Waals surface area contributed by atoms with Gasteiger partial charge in [0.2, 0.25) is 0 Å². The summed E-state index contributed by atoms with van der Waals surface area (Å²) in [5, 5.41) is 13.8. The van der Waals surface area contributed by atoms with Crippen LogP contribution in [0.15, 0.2) is 18.2 Å². The SMILES string of the molecule is CC(CCC(=O)O)CNC(=O)Nc1cc(F)cc(Cl)c1. The molecule has 1 atom stereocenters. The van der Waals surface area contributed by atoms with Crippen LogP contribution in [0.3, 0.4) is 0 Å². The number of amides is 2. The Balaban J connectivity index is 2.38. The number of hydrogen-bond acceptors (Lipinski definition) is 2. The molecule has 3 N–H and O–H groups in total. The minimum Gasteiger partial charge on any atom is -0.481 e. The van der Waals surface area contributed by atoms with Gasteiger partial charge in [-0.2, -0.15) is 0 Å². The van der Waals surface area contributed by atoms with E-state index >= 15 is 0 Å². The third kappa shape index (κ3) is 6.38. The number of carboxylic acid groups (broad SMARTS) is 1. The third-order valence-electron chi connectivity index (χ3n) is 2.58. The van der Waals surface area contributed by atoms with E-state index in [1.807, 2.05) is 6.92 Å². The second-order valence-corrected chi connectivity index (χ2v) is 4.97. The van der Waals surface area contributed by atoms with Gasteiger partial charge in [-0.15, -0.1) is 0 Å². The summed E-state index contributed by atoms with van der Waals surface area (Å²) in [6.45, 7) is 2.17. The summed E-state index contributed by atoms with van der Waals surface area (Å²) < 4.78 is 13.1. The molecule has 0 fully saturated rings. The van der Waals surface area contributed by atoms with Gasteiger partial charge in [-0.1, -0.05) is 18.5 Å². The molecule has 0 aliphatic heterocycles. The first-order chi connectivity index (χ1) is 9.36. The molecule has 0 aliphatic carbocycles. The van der Waals surface area contributed by atoms with Gasteiger partial charge in [-0.3, -0.25) is 4.79 Å². The molecular weight excluding hydrogens is 287 g/mol. The normalized spacial score (nSPS) is 11.8. The zero-order chi connectivity index (χ0) is 15.1. The smallest absolute Gasteiger partial charge is 0.319 e. The quantitative estimate of drug-likeness (QED) is 0.755. The summed E-state index contributed by atoms with van der Waals surface area (Å²) >= 11 is 5.66. The van der Waals surface area contributed by atoms with Crippen LogP contribution in [0.25, 0.3) is 0 Å². The first kappa shape index (κ1) is 16.2. The van der Waals surface area contributed by atoms with Crippen LogP contribution in [0.1, 0.15) is 19.8 Å². The molecule has 0 aliphatic rings. The van der Waals surface area contributed by atoms with Crippen molar-refractivity contribution in [1.82, 2.24) is 5.32 Å². The van der Waals surface area contributed by atoms with E-state index in [0.717, 1.165) is 12.1 Å². The zero-order valence-electron chi connectivity index (χ0n) is 11.0. The fourth-order valence-electron chi connectivity index (χ4n) is 1.54. The van der Waals surface area contributed by atoms with Crippen molar-refractivity contribution >= 4 is 29.3 Å². The maximum absolute atomic E-state index is 13.1. The van der Waals surface area contributed by atoms with E-state index in [-0.39, 0.29) is 23.0 Å². The van der Waals surface area contributed by atoms with Crippen molar-refractivity contribution in [2.45, 2.75) is 19.8 Å². The first-order valence-corrected chi connectivity index (χ1v) is 6.47. The van der Waals surface area contributed by atoms with E-state index in [9.17, 15) is 14.0 Å². The van der Waals surface area contributed by atoms with Gasteiger partial charge in [0.1, 0.15) is 5.82 Å². The van der Waals surface area contributed by atoms with Crippen molar-refractivity contribution in [2.24, 2.45) is 5.92 Å². The molecule has 0 bridgehead atoms. The first-order valence-electron chi connectivity index (χ1n) is 6.09. The molecular formula is C13H16ClFN2O3. The lowest BCUT2D eigenvalue weighted by atomic mass is 10.1. The van der Waals surface area contributed by atoms with Crippen molar-refractivity contribution in [2.75, 3.05) is 11.9 Å². The van der Waals surface area contributed by atoms with Crippen LogP contribution in [-0.2, 0) is 4.79 Å². The molecule has 7 heteroatoms. The number of benzene rings is 1. The Kier molecular flexibility index (Phi) is 6.24. The van der Waals surface area contributed by atoms with Crippen molar-refractivity contribution in [3.63, 3.8) is 0 Å². The van der Waals surface area contributed by atoms with Gasteiger partial charge in [-0.05, 0) is 30.5 Å². The van der Waals surface area contributed by atoms with Crippen molar-refractivity contribution < 1.29 is 19.1 Å². The van der Waals surface area contributed by atoms with Gasteiger partial charge in [0, 0.05) is 23.7 Å². The van der Waals surface area contributed by atoms with Crippen LogP contribution >= 0.6 is 11.6 Å². The molecule has 0 spiro atoms. The zero-order valence-corrected chi connectivity index (χ0v) is 11.7. The molecule has 0 radical (unpaired) electrons. The summed E-state index contributed by atoms with van der Waals surface area (Å²) in [4.78, 5) is 22.0. The lowest BCUT2D eigenvalue weighted by Gasteiger charge is -2.12. The Morgan fingerprint density at radius 1 is 1.40 bits per heavy atom. The second kappa shape index (κ2) is 7.69. The summed E-state index contributed by atoms with van der Waals surface area (Å²) in [5.41, 5.74) is 0.255. The van der Waals surface area contributed by atoms with Gasteiger partial charge >= 0.3 is 12.0 Å². The minimum atomic E-state index is -0.865. The summed E-state index contributed by atoms with van der Waals surface area (Å²) in [6, 6.07) is 3.23. The molecule has 1 rings (SSSR count). The van der Waals surface area contributed by atoms with E-state index in [4.69, 9.17) is 16.7 Å². The number of halogens is 2. The van der Waals surface area contributed by atoms with Crippen molar-refractivity contribution in [1.29, 1.82) is 0 Å². The van der Waals surface area contributed by atoms with E-state index < -0.39 is 17.8 Å². The molecule has 5 nitrogen and oxygen atoms in total. The fraction of sp³-hybridized carbons (Fsp3) is 0.385. The number of nitrogens with one attached hydrogen (secondary N) is 2. The van der Waals surface area contributed by atoms with E-state index in [1.165, 1.54) is 6.07 Å². The number of aliphatic carboxylic acids is 1. The molecule has 0 aromatic heterocycles. The predicted molar refractivity (Wildman–Crippen MR) is 74.5 cm³/mol. The minimum absolute atomic E-state index is 0.0351. The van der Waals surface area contributed by atoms with Gasteiger partial charge in [-0.25, -0.2) is 9.18 Å². The topological polar surface area (TPSA) is 78.4 Å². The lowest BCUT2D eigenvalue weighted by molar-refractivity contribution is -0.137. The standard InChI is InChI=1S/C13H16ClFN2O3/c1-8(2-3-12(18)19)7-16-13(20)17-11-5-9(14)4-10(15)6-11/h4-6,8H,2-3,7H2,1H3,(H,18,19)(H2,16,17,20). The molecule has 0 saturated carbocycles. The predicted octanol–water partition coefficient (Wildman–Crippen LogP) is 3.10. The van der Waals surface area contributed by atoms with Crippen LogP contribution in [-0.4, -0.2) is 23.7 Å². The fourth-order valence-corrected chi connectivity index (χ4v) is 1.76. The van der Waals surface area contributed by atoms with Crippen LogP contribution in [0.4, 0.5) is 14.9 Å². The van der Waals surface area contributed by atoms with E-state index in [1.54, 1.807) is 0 Å². The number of hydrogen-bond donors (Lipinski definition) is 3. The number of carbonyl (C=O) groups excluding carboxylic acids is 1. The average Bonchev–Trinajstić information content (AvgIpc) is 2.32. The van der Waals surface area contributed by atoms with Crippen molar-refractivity contribution in [3.05, 3.63) is 29.0 Å². The van der Waals surface area contributed by atoms with Gasteiger partial charge in [0.25, 0.3) is 0 Å². The van der Waals surface area contributed by atoms with Crippen LogP contribution in [0.5, 0.6) is 0 Å². The summed E-state index contributed by atoms with van der Waals surface area (Å²) in [7, 11) is 0. The second-order valence-electron chi connectivity index (χ2n) is 4.53. The highest BCUT2D eigenvalue weighted by Gasteiger charge is 2.08. The van der Waals surface area contributed by atoms with E-state index in [2.05, 4.69) is 10.6 Å². The molecule has 2 amide bonds. The molecule has 1 aromatic rings. The lowest BCUT2D eigenvalue weighted by Crippen LogP contribution is -2.32. The highest BCUT2D eigenvalue weighted by atomic mass is 35.5.